The topological polar surface area (TPSA) is 41.6 Å². The quantitative estimate of drug-likeness (QED) is 0.914. The molecule has 4 heteroatoms. The van der Waals surface area contributed by atoms with Crippen molar-refractivity contribution < 1.29 is 9.53 Å². The van der Waals surface area contributed by atoms with Crippen LogP contribution in [0.3, 0.4) is 0 Å². The predicted octanol–water partition coefficient (Wildman–Crippen LogP) is 2.07. The van der Waals surface area contributed by atoms with Gasteiger partial charge in [0.2, 0.25) is 5.91 Å². The van der Waals surface area contributed by atoms with Gasteiger partial charge in [0, 0.05) is 13.2 Å². The summed E-state index contributed by atoms with van der Waals surface area (Å²) in [5.41, 5.74) is 1.15. The lowest BCUT2D eigenvalue weighted by atomic mass is 10.1. The normalized spacial score (nSPS) is 30.1. The zero-order valence-corrected chi connectivity index (χ0v) is 11.9. The molecule has 2 aliphatic rings. The molecule has 1 amide bonds. The van der Waals surface area contributed by atoms with Crippen LogP contribution in [0.4, 0.5) is 0 Å². The van der Waals surface area contributed by atoms with Crippen LogP contribution in [0, 0.1) is 0 Å². The van der Waals surface area contributed by atoms with E-state index >= 15 is 0 Å². The summed E-state index contributed by atoms with van der Waals surface area (Å²) in [4.78, 5) is 14.5. The summed E-state index contributed by atoms with van der Waals surface area (Å²) in [7, 11) is 0. The minimum Gasteiger partial charge on any atom is -0.376 e. The molecule has 1 N–H and O–H groups in total. The summed E-state index contributed by atoms with van der Waals surface area (Å²) >= 11 is 0. The maximum Gasteiger partial charge on any atom is 0.241 e. The van der Waals surface area contributed by atoms with E-state index in [1.807, 2.05) is 30.0 Å². The van der Waals surface area contributed by atoms with Crippen LogP contribution in [0.5, 0.6) is 0 Å². The van der Waals surface area contributed by atoms with Crippen molar-refractivity contribution in [3.63, 3.8) is 0 Å². The Morgan fingerprint density at radius 3 is 2.80 bits per heavy atom. The first-order valence-corrected chi connectivity index (χ1v) is 7.52. The summed E-state index contributed by atoms with van der Waals surface area (Å²) in [6, 6.07) is 10.1. The fourth-order valence-corrected chi connectivity index (χ4v) is 3.09. The summed E-state index contributed by atoms with van der Waals surface area (Å²) in [5.74, 6) is 0.205. The zero-order valence-electron chi connectivity index (χ0n) is 11.9. The number of hydrogen-bond donors (Lipinski definition) is 1. The van der Waals surface area contributed by atoms with Crippen LogP contribution in [-0.2, 0) is 9.53 Å². The van der Waals surface area contributed by atoms with Crippen molar-refractivity contribution in [2.24, 2.45) is 0 Å². The van der Waals surface area contributed by atoms with Gasteiger partial charge in [-0.1, -0.05) is 37.3 Å². The SMILES string of the molecule is CCC1NC(c2ccccc2)N(CC2CCCO2)C1=O. The van der Waals surface area contributed by atoms with Gasteiger partial charge in [0.05, 0.1) is 12.1 Å². The summed E-state index contributed by atoms with van der Waals surface area (Å²) in [6.45, 7) is 3.57. The highest BCUT2D eigenvalue weighted by atomic mass is 16.5. The van der Waals surface area contributed by atoms with Crippen molar-refractivity contribution in [1.29, 1.82) is 0 Å². The highest BCUT2D eigenvalue weighted by Crippen LogP contribution is 2.28. The van der Waals surface area contributed by atoms with E-state index in [9.17, 15) is 4.79 Å². The van der Waals surface area contributed by atoms with Gasteiger partial charge in [-0.05, 0) is 24.8 Å². The molecule has 0 aromatic heterocycles. The monoisotopic (exact) mass is 274 g/mol. The third-order valence-electron chi connectivity index (χ3n) is 4.20. The lowest BCUT2D eigenvalue weighted by molar-refractivity contribution is -0.131. The predicted molar refractivity (Wildman–Crippen MR) is 77.1 cm³/mol. The van der Waals surface area contributed by atoms with Crippen LogP contribution in [0.2, 0.25) is 0 Å². The van der Waals surface area contributed by atoms with Gasteiger partial charge in [-0.2, -0.15) is 0 Å². The Hall–Kier alpha value is -1.39. The van der Waals surface area contributed by atoms with Gasteiger partial charge in [-0.3, -0.25) is 10.1 Å². The Morgan fingerprint density at radius 1 is 1.35 bits per heavy atom. The standard InChI is InChI=1S/C16H22N2O2/c1-2-14-16(19)18(11-13-9-6-10-20-13)15(17-14)12-7-4-3-5-8-12/h3-5,7-8,13-15,17H,2,6,9-11H2,1H3. The first-order valence-electron chi connectivity index (χ1n) is 7.52. The number of benzene rings is 1. The Labute approximate surface area is 120 Å². The van der Waals surface area contributed by atoms with Crippen molar-refractivity contribution in [2.75, 3.05) is 13.2 Å². The number of nitrogens with one attached hydrogen (secondary N) is 1. The molecule has 2 saturated heterocycles. The maximum atomic E-state index is 12.5. The molecular formula is C16H22N2O2. The molecule has 0 aliphatic carbocycles. The fourth-order valence-electron chi connectivity index (χ4n) is 3.09. The van der Waals surface area contributed by atoms with Crippen LogP contribution in [0.15, 0.2) is 30.3 Å². The number of rotatable bonds is 4. The first kappa shape index (κ1) is 13.6. The van der Waals surface area contributed by atoms with Gasteiger partial charge < -0.3 is 9.64 Å². The summed E-state index contributed by atoms with van der Waals surface area (Å²) in [5, 5.41) is 3.45. The molecule has 1 aromatic rings. The van der Waals surface area contributed by atoms with E-state index in [2.05, 4.69) is 17.4 Å². The van der Waals surface area contributed by atoms with Gasteiger partial charge >= 0.3 is 0 Å². The molecule has 1 aromatic carbocycles. The van der Waals surface area contributed by atoms with E-state index in [1.165, 1.54) is 0 Å². The van der Waals surface area contributed by atoms with Gasteiger partial charge in [0.15, 0.2) is 0 Å². The Kier molecular flexibility index (Phi) is 4.03. The van der Waals surface area contributed by atoms with Gasteiger partial charge in [0.1, 0.15) is 6.17 Å². The number of ether oxygens (including phenoxy) is 1. The number of carbonyl (C=O) groups excluding carboxylic acids is 1. The van der Waals surface area contributed by atoms with Crippen molar-refractivity contribution in [3.05, 3.63) is 35.9 Å². The van der Waals surface area contributed by atoms with Crippen LogP contribution in [0.25, 0.3) is 0 Å². The number of hydrogen-bond acceptors (Lipinski definition) is 3. The summed E-state index contributed by atoms with van der Waals surface area (Å²) in [6.07, 6.45) is 3.17. The highest BCUT2D eigenvalue weighted by Gasteiger charge is 2.39. The maximum absolute atomic E-state index is 12.5. The molecule has 0 radical (unpaired) electrons. The Bertz CT molecular complexity index is 457. The average Bonchev–Trinajstić information content (AvgIpc) is 3.10. The highest BCUT2D eigenvalue weighted by molar-refractivity contribution is 5.84. The molecule has 3 unspecified atom stereocenters. The molecule has 20 heavy (non-hydrogen) atoms. The molecule has 2 fully saturated rings. The lowest BCUT2D eigenvalue weighted by Crippen LogP contribution is -2.37. The first-order chi connectivity index (χ1) is 9.79. The Balaban J connectivity index is 1.80. The van der Waals surface area contributed by atoms with Gasteiger partial charge in [-0.25, -0.2) is 0 Å². The molecule has 2 heterocycles. The molecule has 0 saturated carbocycles. The van der Waals surface area contributed by atoms with Gasteiger partial charge in [-0.15, -0.1) is 0 Å². The second-order valence-corrected chi connectivity index (χ2v) is 5.57. The van der Waals surface area contributed by atoms with Crippen LogP contribution >= 0.6 is 0 Å². The third-order valence-corrected chi connectivity index (χ3v) is 4.20. The van der Waals surface area contributed by atoms with E-state index in [-0.39, 0.29) is 24.2 Å². The zero-order chi connectivity index (χ0) is 13.9. The largest absolute Gasteiger partial charge is 0.376 e. The van der Waals surface area contributed by atoms with E-state index in [4.69, 9.17) is 4.74 Å². The molecule has 4 nitrogen and oxygen atoms in total. The number of nitrogens with zero attached hydrogens (tertiary/aromatic N) is 1. The Morgan fingerprint density at radius 2 is 2.15 bits per heavy atom. The van der Waals surface area contributed by atoms with Crippen molar-refractivity contribution in [3.8, 4) is 0 Å². The van der Waals surface area contributed by atoms with Crippen molar-refractivity contribution in [1.82, 2.24) is 10.2 Å². The number of carbonyl (C=O) groups is 1. The molecule has 3 atom stereocenters. The van der Waals surface area contributed by atoms with E-state index in [0.29, 0.717) is 6.54 Å². The summed E-state index contributed by atoms with van der Waals surface area (Å²) < 4.78 is 5.69. The van der Waals surface area contributed by atoms with E-state index in [1.54, 1.807) is 0 Å². The van der Waals surface area contributed by atoms with Gasteiger partial charge in [0.25, 0.3) is 0 Å². The average molecular weight is 274 g/mol. The second-order valence-electron chi connectivity index (χ2n) is 5.57. The van der Waals surface area contributed by atoms with E-state index in [0.717, 1.165) is 31.4 Å². The number of amides is 1. The molecule has 0 bridgehead atoms. The third kappa shape index (κ3) is 2.58. The second kappa shape index (κ2) is 5.94. The minimum absolute atomic E-state index is 0.0159. The minimum atomic E-state index is -0.0680. The molecule has 108 valence electrons. The van der Waals surface area contributed by atoms with E-state index < -0.39 is 0 Å². The van der Waals surface area contributed by atoms with Crippen LogP contribution < -0.4 is 5.32 Å². The van der Waals surface area contributed by atoms with Crippen molar-refractivity contribution >= 4 is 5.91 Å². The van der Waals surface area contributed by atoms with Crippen LogP contribution in [0.1, 0.15) is 37.9 Å². The molecule has 2 aliphatic heterocycles. The molecule has 0 spiro atoms. The molecular weight excluding hydrogens is 252 g/mol. The fraction of sp³-hybridized carbons (Fsp3) is 0.562. The van der Waals surface area contributed by atoms with Crippen molar-refractivity contribution in [2.45, 2.75) is 44.5 Å². The lowest BCUT2D eigenvalue weighted by Gasteiger charge is -2.27. The smallest absolute Gasteiger partial charge is 0.241 e. The molecule has 3 rings (SSSR count). The van der Waals surface area contributed by atoms with Crippen LogP contribution in [-0.4, -0.2) is 36.1 Å².